The lowest BCUT2D eigenvalue weighted by Gasteiger charge is -2.31. The summed E-state index contributed by atoms with van der Waals surface area (Å²) in [7, 11) is -1.41. The van der Waals surface area contributed by atoms with Gasteiger partial charge in [-0.05, 0) is 18.8 Å². The highest BCUT2D eigenvalue weighted by molar-refractivity contribution is 7.90. The van der Waals surface area contributed by atoms with E-state index in [1.165, 1.54) is 13.4 Å². The van der Waals surface area contributed by atoms with Crippen LogP contribution in [-0.4, -0.2) is 44.9 Å². The molecule has 0 aromatic rings. The van der Waals surface area contributed by atoms with Gasteiger partial charge in [0, 0.05) is 19.1 Å². The minimum atomic E-state index is -2.94. The molecule has 0 aromatic heterocycles. The second-order valence-corrected chi connectivity index (χ2v) is 6.68. The van der Waals surface area contributed by atoms with Crippen LogP contribution in [0.2, 0.25) is 0 Å². The van der Waals surface area contributed by atoms with Crippen LogP contribution < -0.4 is 0 Å². The van der Waals surface area contributed by atoms with E-state index >= 15 is 0 Å². The maximum Gasteiger partial charge on any atom is 0.147 e. The van der Waals surface area contributed by atoms with E-state index in [1.54, 1.807) is 0 Å². The molecule has 0 aromatic carbocycles. The van der Waals surface area contributed by atoms with Crippen molar-refractivity contribution >= 4 is 9.84 Å². The topological polar surface area (TPSA) is 63.6 Å². The Balaban J connectivity index is 4.20. The molecule has 1 atom stereocenters. The van der Waals surface area contributed by atoms with E-state index < -0.39 is 15.4 Å². The standard InChI is InChI=1S/C10H22O4S/c1-9(2)10(11,8-14-3)6-5-7-15(4,12)13/h9,11H,5-8H2,1-4H3. The molecule has 15 heavy (non-hydrogen) atoms. The Morgan fingerprint density at radius 2 is 1.93 bits per heavy atom. The van der Waals surface area contributed by atoms with Crippen LogP contribution in [0.25, 0.3) is 0 Å². The van der Waals surface area contributed by atoms with Crippen molar-refractivity contribution in [2.75, 3.05) is 25.7 Å². The van der Waals surface area contributed by atoms with Gasteiger partial charge >= 0.3 is 0 Å². The van der Waals surface area contributed by atoms with Crippen LogP contribution in [-0.2, 0) is 14.6 Å². The molecule has 0 rings (SSSR count). The average Bonchev–Trinajstić information content (AvgIpc) is 2.01. The molecule has 0 fully saturated rings. The Morgan fingerprint density at radius 3 is 2.27 bits per heavy atom. The molecule has 0 aliphatic heterocycles. The fourth-order valence-corrected chi connectivity index (χ4v) is 2.09. The van der Waals surface area contributed by atoms with Gasteiger partial charge in [0.2, 0.25) is 0 Å². The third kappa shape index (κ3) is 6.12. The fourth-order valence-electron chi connectivity index (χ4n) is 1.42. The largest absolute Gasteiger partial charge is 0.387 e. The summed E-state index contributed by atoms with van der Waals surface area (Å²) in [4.78, 5) is 0. The SMILES string of the molecule is COCC(O)(CCCS(C)(=O)=O)C(C)C. The zero-order chi connectivity index (χ0) is 12.1. The molecule has 0 bridgehead atoms. The van der Waals surface area contributed by atoms with Crippen LogP contribution in [0.4, 0.5) is 0 Å². The van der Waals surface area contributed by atoms with Crippen molar-refractivity contribution in [3.8, 4) is 0 Å². The number of hydrogen-bond donors (Lipinski definition) is 1. The number of rotatable bonds is 7. The quantitative estimate of drug-likeness (QED) is 0.714. The lowest BCUT2D eigenvalue weighted by Crippen LogP contribution is -2.40. The van der Waals surface area contributed by atoms with Crippen LogP contribution in [0.3, 0.4) is 0 Å². The average molecular weight is 238 g/mol. The van der Waals surface area contributed by atoms with Gasteiger partial charge in [-0.25, -0.2) is 8.42 Å². The molecular weight excluding hydrogens is 216 g/mol. The van der Waals surface area contributed by atoms with Gasteiger partial charge in [0.15, 0.2) is 0 Å². The Morgan fingerprint density at radius 1 is 1.40 bits per heavy atom. The van der Waals surface area contributed by atoms with Crippen LogP contribution in [0.15, 0.2) is 0 Å². The molecule has 0 aliphatic carbocycles. The van der Waals surface area contributed by atoms with Gasteiger partial charge in [0.1, 0.15) is 9.84 Å². The van der Waals surface area contributed by atoms with Gasteiger partial charge in [-0.1, -0.05) is 13.8 Å². The lowest BCUT2D eigenvalue weighted by molar-refractivity contribution is -0.0701. The van der Waals surface area contributed by atoms with Crippen molar-refractivity contribution < 1.29 is 18.3 Å². The molecule has 5 heteroatoms. The van der Waals surface area contributed by atoms with E-state index in [0.717, 1.165) is 0 Å². The second-order valence-electron chi connectivity index (χ2n) is 4.42. The zero-order valence-electron chi connectivity index (χ0n) is 9.99. The number of aliphatic hydroxyl groups is 1. The van der Waals surface area contributed by atoms with Gasteiger partial charge in [0.25, 0.3) is 0 Å². The first-order valence-electron chi connectivity index (χ1n) is 5.10. The molecule has 92 valence electrons. The van der Waals surface area contributed by atoms with Gasteiger partial charge in [-0.2, -0.15) is 0 Å². The molecule has 0 aliphatic rings. The molecule has 0 saturated carbocycles. The summed E-state index contributed by atoms with van der Waals surface area (Å²) in [5.41, 5.74) is -0.917. The predicted octanol–water partition coefficient (Wildman–Crippen LogP) is 0.845. The molecular formula is C10H22O4S. The maximum atomic E-state index is 10.9. The van der Waals surface area contributed by atoms with E-state index in [9.17, 15) is 13.5 Å². The third-order valence-corrected chi connectivity index (χ3v) is 3.62. The highest BCUT2D eigenvalue weighted by Crippen LogP contribution is 2.23. The van der Waals surface area contributed by atoms with E-state index in [0.29, 0.717) is 12.8 Å². The summed E-state index contributed by atoms with van der Waals surface area (Å²) in [6, 6.07) is 0. The summed E-state index contributed by atoms with van der Waals surface area (Å²) in [6.07, 6.45) is 2.13. The molecule has 0 radical (unpaired) electrons. The van der Waals surface area contributed by atoms with Gasteiger partial charge in [0.05, 0.1) is 12.2 Å². The highest BCUT2D eigenvalue weighted by atomic mass is 32.2. The van der Waals surface area contributed by atoms with Gasteiger partial charge < -0.3 is 9.84 Å². The van der Waals surface area contributed by atoms with Crippen molar-refractivity contribution in [2.45, 2.75) is 32.3 Å². The summed E-state index contributed by atoms with van der Waals surface area (Å²) in [5, 5.41) is 10.2. The first-order chi connectivity index (χ1) is 6.71. The first kappa shape index (κ1) is 14.9. The van der Waals surface area contributed by atoms with Crippen LogP contribution in [0.5, 0.6) is 0 Å². The molecule has 1 N–H and O–H groups in total. The monoisotopic (exact) mass is 238 g/mol. The number of methoxy groups -OCH3 is 1. The number of hydrogen-bond acceptors (Lipinski definition) is 4. The minimum absolute atomic E-state index is 0.0528. The van der Waals surface area contributed by atoms with Crippen LogP contribution >= 0.6 is 0 Å². The highest BCUT2D eigenvalue weighted by Gasteiger charge is 2.30. The Bertz CT molecular complexity index is 271. The molecule has 0 heterocycles. The van der Waals surface area contributed by atoms with Crippen molar-refractivity contribution in [2.24, 2.45) is 5.92 Å². The van der Waals surface area contributed by atoms with Crippen molar-refractivity contribution in [1.82, 2.24) is 0 Å². The number of ether oxygens (including phenoxy) is 1. The third-order valence-electron chi connectivity index (χ3n) is 2.59. The van der Waals surface area contributed by atoms with Crippen molar-refractivity contribution in [3.63, 3.8) is 0 Å². The molecule has 0 spiro atoms. The van der Waals surface area contributed by atoms with E-state index in [4.69, 9.17) is 4.74 Å². The number of sulfone groups is 1. The van der Waals surface area contributed by atoms with Crippen molar-refractivity contribution in [3.05, 3.63) is 0 Å². The summed E-state index contributed by atoms with van der Waals surface area (Å²) >= 11 is 0. The summed E-state index contributed by atoms with van der Waals surface area (Å²) in [5.74, 6) is 0.170. The lowest BCUT2D eigenvalue weighted by atomic mass is 9.87. The normalized spacial score (nSPS) is 16.7. The molecule has 4 nitrogen and oxygen atoms in total. The first-order valence-corrected chi connectivity index (χ1v) is 7.16. The Hall–Kier alpha value is -0.130. The van der Waals surface area contributed by atoms with E-state index in [1.807, 2.05) is 13.8 Å². The minimum Gasteiger partial charge on any atom is -0.387 e. The Labute approximate surface area is 92.6 Å². The van der Waals surface area contributed by atoms with Crippen LogP contribution in [0.1, 0.15) is 26.7 Å². The van der Waals surface area contributed by atoms with E-state index in [2.05, 4.69) is 0 Å². The predicted molar refractivity (Wildman–Crippen MR) is 60.6 cm³/mol. The molecule has 0 amide bonds. The molecule has 0 saturated heterocycles. The van der Waals surface area contributed by atoms with Crippen molar-refractivity contribution in [1.29, 1.82) is 0 Å². The maximum absolute atomic E-state index is 10.9. The Kier molecular flexibility index (Phi) is 5.77. The smallest absolute Gasteiger partial charge is 0.147 e. The van der Waals surface area contributed by atoms with Crippen LogP contribution in [0, 0.1) is 5.92 Å². The van der Waals surface area contributed by atoms with E-state index in [-0.39, 0.29) is 18.3 Å². The van der Waals surface area contributed by atoms with Gasteiger partial charge in [-0.3, -0.25) is 0 Å². The molecule has 1 unspecified atom stereocenters. The summed E-state index contributed by atoms with van der Waals surface area (Å²) in [6.45, 7) is 4.05. The zero-order valence-corrected chi connectivity index (χ0v) is 10.8. The summed E-state index contributed by atoms with van der Waals surface area (Å²) < 4.78 is 26.8. The fraction of sp³-hybridized carbons (Fsp3) is 1.00. The second kappa shape index (κ2) is 5.82. The van der Waals surface area contributed by atoms with Gasteiger partial charge in [-0.15, -0.1) is 0 Å².